The molecule has 0 aromatic carbocycles. The minimum absolute atomic E-state index is 0.575. The summed E-state index contributed by atoms with van der Waals surface area (Å²) in [7, 11) is 0. The molecule has 0 spiro atoms. The van der Waals surface area contributed by atoms with Crippen LogP contribution in [0.15, 0.2) is 12.1 Å². The minimum Gasteiger partial charge on any atom is -0.309 e. The van der Waals surface area contributed by atoms with Gasteiger partial charge in [0, 0.05) is 10.9 Å². The molecule has 1 N–H and O–H groups in total. The molecule has 2 bridgehead atoms. The molecule has 1 heterocycles. The predicted molar refractivity (Wildman–Crippen MR) is 77.0 cm³/mol. The van der Waals surface area contributed by atoms with Gasteiger partial charge in [-0.25, -0.2) is 0 Å². The first-order valence-electron chi connectivity index (χ1n) is 7.28. The van der Waals surface area contributed by atoms with Crippen LogP contribution in [0.1, 0.15) is 37.1 Å². The van der Waals surface area contributed by atoms with Gasteiger partial charge < -0.3 is 5.32 Å². The molecule has 1 aromatic rings. The Hall–Kier alpha value is -0.0500. The Kier molecular flexibility index (Phi) is 2.76. The van der Waals surface area contributed by atoms with E-state index < -0.39 is 0 Å². The van der Waals surface area contributed by atoms with Crippen LogP contribution in [0.4, 0.5) is 0 Å². The second kappa shape index (κ2) is 4.22. The number of rotatable bonds is 4. The molecule has 5 atom stereocenters. The molecule has 3 heteroatoms. The molecule has 1 nitrogen and oxygen atoms in total. The maximum atomic E-state index is 6.11. The highest BCUT2D eigenvalue weighted by atomic mass is 35.5. The zero-order valence-electron chi connectivity index (χ0n) is 10.7. The number of nitrogens with one attached hydrogen (secondary N) is 1. The van der Waals surface area contributed by atoms with E-state index in [4.69, 9.17) is 11.6 Å². The lowest BCUT2D eigenvalue weighted by Crippen LogP contribution is -2.24. The van der Waals surface area contributed by atoms with E-state index in [0.29, 0.717) is 6.04 Å². The molecule has 3 saturated carbocycles. The molecule has 0 radical (unpaired) electrons. The number of thiophene rings is 1. The van der Waals surface area contributed by atoms with Gasteiger partial charge in [-0.05, 0) is 67.5 Å². The van der Waals surface area contributed by atoms with Crippen molar-refractivity contribution in [2.24, 2.45) is 29.6 Å². The summed E-state index contributed by atoms with van der Waals surface area (Å²) in [6.45, 7) is 3.28. The van der Waals surface area contributed by atoms with Gasteiger partial charge in [-0.2, -0.15) is 0 Å². The van der Waals surface area contributed by atoms with Crippen LogP contribution in [0.5, 0.6) is 0 Å². The monoisotopic (exact) mass is 281 g/mol. The number of hydrogen-bond donors (Lipinski definition) is 1. The molecule has 0 amide bonds. The molecule has 3 aliphatic carbocycles. The van der Waals surface area contributed by atoms with Crippen molar-refractivity contribution in [2.75, 3.05) is 6.54 Å². The third kappa shape index (κ3) is 1.62. The first-order chi connectivity index (χ1) is 8.79. The van der Waals surface area contributed by atoms with Gasteiger partial charge in [-0.1, -0.05) is 18.5 Å². The smallest absolute Gasteiger partial charge is 0.0931 e. The van der Waals surface area contributed by atoms with Gasteiger partial charge in [0.05, 0.1) is 4.34 Å². The van der Waals surface area contributed by atoms with Gasteiger partial charge in [0.25, 0.3) is 0 Å². The first-order valence-corrected chi connectivity index (χ1v) is 8.47. The van der Waals surface area contributed by atoms with Gasteiger partial charge in [0.2, 0.25) is 0 Å². The van der Waals surface area contributed by atoms with E-state index in [0.717, 1.165) is 40.5 Å². The normalized spacial score (nSPS) is 42.0. The fourth-order valence-corrected chi connectivity index (χ4v) is 6.18. The Balaban J connectivity index is 1.58. The van der Waals surface area contributed by atoms with Gasteiger partial charge in [0.1, 0.15) is 0 Å². The van der Waals surface area contributed by atoms with E-state index in [1.807, 2.05) is 0 Å². The Morgan fingerprint density at radius 2 is 2.06 bits per heavy atom. The average Bonchev–Trinajstić information content (AvgIpc) is 2.73. The van der Waals surface area contributed by atoms with E-state index in [1.54, 1.807) is 11.3 Å². The third-order valence-electron chi connectivity index (χ3n) is 5.50. The summed E-state index contributed by atoms with van der Waals surface area (Å²) < 4.78 is 0.932. The van der Waals surface area contributed by atoms with Crippen LogP contribution in [-0.2, 0) is 0 Å². The number of halogens is 1. The second-order valence-electron chi connectivity index (χ2n) is 6.24. The van der Waals surface area contributed by atoms with Crippen molar-refractivity contribution in [3.05, 3.63) is 21.3 Å². The molecular weight excluding hydrogens is 262 g/mol. The van der Waals surface area contributed by atoms with Gasteiger partial charge in [0.15, 0.2) is 0 Å². The van der Waals surface area contributed by atoms with Gasteiger partial charge >= 0.3 is 0 Å². The van der Waals surface area contributed by atoms with Crippen molar-refractivity contribution in [1.29, 1.82) is 0 Å². The summed E-state index contributed by atoms with van der Waals surface area (Å²) in [6.07, 6.45) is 4.55. The lowest BCUT2D eigenvalue weighted by Gasteiger charge is -2.20. The minimum atomic E-state index is 0.575. The van der Waals surface area contributed by atoms with E-state index in [-0.39, 0.29) is 0 Å². The summed E-state index contributed by atoms with van der Waals surface area (Å²) in [5.41, 5.74) is 0. The summed E-state index contributed by atoms with van der Waals surface area (Å²) in [5.74, 6) is 5.09. The predicted octanol–water partition coefficient (Wildman–Crippen LogP) is 4.34. The fourth-order valence-electron chi connectivity index (χ4n) is 4.98. The first kappa shape index (κ1) is 11.7. The Labute approximate surface area is 118 Å². The lowest BCUT2D eigenvalue weighted by molar-refractivity contribution is 0.378. The molecule has 3 fully saturated rings. The average molecular weight is 282 g/mol. The fraction of sp³-hybridized carbons (Fsp3) is 0.733. The van der Waals surface area contributed by atoms with Crippen LogP contribution < -0.4 is 5.32 Å². The summed E-state index contributed by atoms with van der Waals surface area (Å²) >= 11 is 7.88. The van der Waals surface area contributed by atoms with Crippen molar-refractivity contribution in [2.45, 2.75) is 32.2 Å². The molecule has 18 heavy (non-hydrogen) atoms. The van der Waals surface area contributed by atoms with E-state index in [2.05, 4.69) is 24.4 Å². The van der Waals surface area contributed by atoms with Crippen LogP contribution in [-0.4, -0.2) is 6.54 Å². The van der Waals surface area contributed by atoms with Crippen molar-refractivity contribution >= 4 is 22.9 Å². The molecule has 0 saturated heterocycles. The van der Waals surface area contributed by atoms with Crippen molar-refractivity contribution in [3.63, 3.8) is 0 Å². The highest BCUT2D eigenvalue weighted by Crippen LogP contribution is 2.72. The maximum absolute atomic E-state index is 6.11. The topological polar surface area (TPSA) is 12.0 Å². The number of fused-ring (bicyclic) bond motifs is 5. The standard InChI is InChI=1S/C15H20ClNS/c1-2-17-15(10-5-6-11(16)18-10)14-12-8-3-4-9(7-8)13(12)14/h5-6,8-9,12-15,17H,2-4,7H2,1H3. The Bertz CT molecular complexity index is 441. The van der Waals surface area contributed by atoms with Crippen LogP contribution >= 0.6 is 22.9 Å². The van der Waals surface area contributed by atoms with Crippen LogP contribution in [0.25, 0.3) is 0 Å². The quantitative estimate of drug-likeness (QED) is 0.865. The highest BCUT2D eigenvalue weighted by Gasteiger charge is 2.66. The molecule has 3 aliphatic rings. The highest BCUT2D eigenvalue weighted by molar-refractivity contribution is 7.16. The lowest BCUT2D eigenvalue weighted by atomic mass is 9.96. The SMILES string of the molecule is CCNC(c1ccc(Cl)s1)C1C2C3CCC(C3)C21. The summed E-state index contributed by atoms with van der Waals surface area (Å²) in [4.78, 5) is 1.46. The molecular formula is C15H20ClNS. The third-order valence-corrected chi connectivity index (χ3v) is 6.82. The Morgan fingerprint density at radius 3 is 2.61 bits per heavy atom. The van der Waals surface area contributed by atoms with Crippen molar-refractivity contribution < 1.29 is 0 Å². The van der Waals surface area contributed by atoms with Crippen molar-refractivity contribution in [3.8, 4) is 0 Å². The van der Waals surface area contributed by atoms with E-state index >= 15 is 0 Å². The second-order valence-corrected chi connectivity index (χ2v) is 7.99. The molecule has 5 unspecified atom stereocenters. The molecule has 0 aliphatic heterocycles. The van der Waals surface area contributed by atoms with Crippen molar-refractivity contribution in [1.82, 2.24) is 5.32 Å². The zero-order chi connectivity index (χ0) is 12.3. The zero-order valence-corrected chi connectivity index (χ0v) is 12.3. The molecule has 98 valence electrons. The molecule has 4 rings (SSSR count). The van der Waals surface area contributed by atoms with E-state index in [1.165, 1.54) is 24.1 Å². The summed E-state index contributed by atoms with van der Waals surface area (Å²) in [5, 5.41) is 3.72. The van der Waals surface area contributed by atoms with Gasteiger partial charge in [-0.15, -0.1) is 11.3 Å². The summed E-state index contributed by atoms with van der Waals surface area (Å²) in [6, 6.07) is 4.86. The maximum Gasteiger partial charge on any atom is 0.0931 e. The van der Waals surface area contributed by atoms with Gasteiger partial charge in [-0.3, -0.25) is 0 Å². The molecule has 1 aromatic heterocycles. The van der Waals surface area contributed by atoms with Crippen LogP contribution in [0.2, 0.25) is 4.34 Å². The van der Waals surface area contributed by atoms with Crippen LogP contribution in [0, 0.1) is 29.6 Å². The van der Waals surface area contributed by atoms with Crippen LogP contribution in [0.3, 0.4) is 0 Å². The largest absolute Gasteiger partial charge is 0.309 e. The number of hydrogen-bond acceptors (Lipinski definition) is 2. The Morgan fingerprint density at radius 1 is 1.33 bits per heavy atom. The van der Waals surface area contributed by atoms with E-state index in [9.17, 15) is 0 Å².